The number of hydrogen-bond acceptors (Lipinski definition) is 1. The van der Waals surface area contributed by atoms with Crippen LogP contribution in [0.3, 0.4) is 0 Å². The van der Waals surface area contributed by atoms with Gasteiger partial charge >= 0.3 is 0 Å². The summed E-state index contributed by atoms with van der Waals surface area (Å²) in [7, 11) is 0. The molecule has 0 aliphatic carbocycles. The van der Waals surface area contributed by atoms with Gasteiger partial charge in [0.05, 0.1) is 5.38 Å². The van der Waals surface area contributed by atoms with E-state index < -0.39 is 17.0 Å². The van der Waals surface area contributed by atoms with Gasteiger partial charge in [-0.15, -0.1) is 22.9 Å². The fraction of sp³-hybridized carbons (Fsp3) is 0.167. The zero-order valence-electron chi connectivity index (χ0n) is 8.81. The summed E-state index contributed by atoms with van der Waals surface area (Å²) in [6.45, 7) is 1.92. The Morgan fingerprint density at radius 3 is 2.35 bits per heavy atom. The molecular weight excluding hydrogens is 330 g/mol. The quantitative estimate of drug-likeness (QED) is 0.641. The van der Waals surface area contributed by atoms with Gasteiger partial charge in [0.25, 0.3) is 0 Å². The first-order valence-electron chi connectivity index (χ1n) is 4.84. The highest BCUT2D eigenvalue weighted by Crippen LogP contribution is 2.40. The highest BCUT2D eigenvalue weighted by molar-refractivity contribution is 9.10. The van der Waals surface area contributed by atoms with Crippen LogP contribution < -0.4 is 0 Å². The summed E-state index contributed by atoms with van der Waals surface area (Å²) in [5.41, 5.74) is -0.100. The molecule has 0 N–H and O–H groups in total. The van der Waals surface area contributed by atoms with Crippen molar-refractivity contribution in [3.05, 3.63) is 55.7 Å². The van der Waals surface area contributed by atoms with E-state index in [-0.39, 0.29) is 5.56 Å². The largest absolute Gasteiger partial charge is 0.207 e. The SMILES string of the molecule is Cc1cc(Br)c(C(Cl)c2c(F)cccc2F)s1. The average Bonchev–Trinajstić information content (AvgIpc) is 2.57. The number of aryl methyl sites for hydroxylation is 1. The highest BCUT2D eigenvalue weighted by Gasteiger charge is 2.23. The summed E-state index contributed by atoms with van der Waals surface area (Å²) in [6.07, 6.45) is 0. The standard InChI is InChI=1S/C12H8BrClF2S/c1-6-5-7(13)12(17-6)11(14)10-8(15)3-2-4-9(10)16/h2-5,11H,1H3. The third kappa shape index (κ3) is 2.54. The van der Waals surface area contributed by atoms with E-state index in [1.165, 1.54) is 29.5 Å². The van der Waals surface area contributed by atoms with Crippen molar-refractivity contribution in [2.75, 3.05) is 0 Å². The summed E-state index contributed by atoms with van der Waals surface area (Å²) < 4.78 is 28.0. The Bertz CT molecular complexity index is 533. The van der Waals surface area contributed by atoms with E-state index in [0.717, 1.165) is 9.35 Å². The Kier molecular flexibility index (Phi) is 3.85. The maximum absolute atomic E-state index is 13.6. The van der Waals surface area contributed by atoms with Crippen LogP contribution in [0.15, 0.2) is 28.7 Å². The van der Waals surface area contributed by atoms with Crippen LogP contribution in [0.5, 0.6) is 0 Å². The van der Waals surface area contributed by atoms with Crippen LogP contribution >= 0.6 is 38.9 Å². The van der Waals surface area contributed by atoms with E-state index in [1.807, 2.05) is 13.0 Å². The van der Waals surface area contributed by atoms with E-state index in [0.29, 0.717) is 4.88 Å². The molecule has 0 nitrogen and oxygen atoms in total. The lowest BCUT2D eigenvalue weighted by molar-refractivity contribution is 0.559. The molecule has 5 heteroatoms. The van der Waals surface area contributed by atoms with Crippen molar-refractivity contribution in [3.63, 3.8) is 0 Å². The first kappa shape index (κ1) is 13.0. The molecule has 17 heavy (non-hydrogen) atoms. The molecule has 0 fully saturated rings. The number of hydrogen-bond donors (Lipinski definition) is 0. The number of halogens is 4. The summed E-state index contributed by atoms with van der Waals surface area (Å²) in [5.74, 6) is -1.24. The van der Waals surface area contributed by atoms with Gasteiger partial charge in [0, 0.05) is 19.8 Å². The monoisotopic (exact) mass is 336 g/mol. The smallest absolute Gasteiger partial charge is 0.131 e. The van der Waals surface area contributed by atoms with Gasteiger partial charge in [-0.05, 0) is 41.1 Å². The van der Waals surface area contributed by atoms with Crippen molar-refractivity contribution >= 4 is 38.9 Å². The molecule has 1 atom stereocenters. The molecule has 0 saturated carbocycles. The van der Waals surface area contributed by atoms with Gasteiger partial charge in [0.15, 0.2) is 0 Å². The first-order chi connectivity index (χ1) is 8.00. The van der Waals surface area contributed by atoms with Crippen LogP contribution in [0, 0.1) is 18.6 Å². The van der Waals surface area contributed by atoms with Crippen LogP contribution in [0.25, 0.3) is 0 Å². The normalized spacial score (nSPS) is 12.8. The van der Waals surface area contributed by atoms with Gasteiger partial charge in [0.2, 0.25) is 0 Å². The lowest BCUT2D eigenvalue weighted by atomic mass is 10.1. The minimum Gasteiger partial charge on any atom is -0.207 e. The predicted octanol–water partition coefficient (Wildman–Crippen LogP) is 5.43. The molecule has 90 valence electrons. The predicted molar refractivity (Wildman–Crippen MR) is 70.8 cm³/mol. The van der Waals surface area contributed by atoms with E-state index >= 15 is 0 Å². The fourth-order valence-corrected chi connectivity index (χ4v) is 4.02. The molecule has 1 aromatic carbocycles. The second kappa shape index (κ2) is 5.04. The maximum Gasteiger partial charge on any atom is 0.131 e. The number of thiophene rings is 1. The second-order valence-corrected chi connectivity index (χ2v) is 6.15. The molecule has 1 aromatic heterocycles. The fourth-order valence-electron chi connectivity index (χ4n) is 1.56. The Hall–Kier alpha value is -0.450. The molecule has 0 aliphatic rings. The third-order valence-electron chi connectivity index (χ3n) is 2.32. The van der Waals surface area contributed by atoms with Crippen molar-refractivity contribution in [2.24, 2.45) is 0 Å². The molecule has 0 bridgehead atoms. The molecule has 2 rings (SSSR count). The zero-order valence-corrected chi connectivity index (χ0v) is 12.0. The van der Waals surface area contributed by atoms with Crippen LogP contribution in [-0.2, 0) is 0 Å². The molecule has 0 spiro atoms. The highest BCUT2D eigenvalue weighted by atomic mass is 79.9. The van der Waals surface area contributed by atoms with Crippen LogP contribution in [0.4, 0.5) is 8.78 Å². The van der Waals surface area contributed by atoms with Crippen molar-refractivity contribution in [1.29, 1.82) is 0 Å². The van der Waals surface area contributed by atoms with Crippen LogP contribution in [0.1, 0.15) is 20.7 Å². The van der Waals surface area contributed by atoms with Gasteiger partial charge < -0.3 is 0 Å². The molecule has 1 unspecified atom stereocenters. The van der Waals surface area contributed by atoms with Crippen molar-refractivity contribution in [2.45, 2.75) is 12.3 Å². The van der Waals surface area contributed by atoms with Crippen molar-refractivity contribution in [3.8, 4) is 0 Å². The van der Waals surface area contributed by atoms with E-state index in [2.05, 4.69) is 15.9 Å². The minimum atomic E-state index is -0.815. The Labute approximate surface area is 115 Å². The number of benzene rings is 1. The van der Waals surface area contributed by atoms with Crippen molar-refractivity contribution in [1.82, 2.24) is 0 Å². The summed E-state index contributed by atoms with van der Waals surface area (Å²) in [6, 6.07) is 5.63. The van der Waals surface area contributed by atoms with E-state index in [9.17, 15) is 8.78 Å². The molecule has 2 aromatic rings. The van der Waals surface area contributed by atoms with Gasteiger partial charge in [-0.25, -0.2) is 8.78 Å². The molecule has 0 radical (unpaired) electrons. The number of rotatable bonds is 2. The number of alkyl halides is 1. The Morgan fingerprint density at radius 2 is 1.88 bits per heavy atom. The molecule has 0 aliphatic heterocycles. The van der Waals surface area contributed by atoms with Gasteiger partial charge in [-0.1, -0.05) is 6.07 Å². The maximum atomic E-state index is 13.6. The minimum absolute atomic E-state index is 0.100. The van der Waals surface area contributed by atoms with Crippen molar-refractivity contribution < 1.29 is 8.78 Å². The van der Waals surface area contributed by atoms with E-state index in [1.54, 1.807) is 0 Å². The Balaban J connectivity index is 2.51. The average molecular weight is 338 g/mol. The first-order valence-corrected chi connectivity index (χ1v) is 6.89. The Morgan fingerprint density at radius 1 is 1.29 bits per heavy atom. The van der Waals surface area contributed by atoms with E-state index in [4.69, 9.17) is 11.6 Å². The molecule has 0 amide bonds. The van der Waals surface area contributed by atoms with Crippen LogP contribution in [0.2, 0.25) is 0 Å². The van der Waals surface area contributed by atoms with Crippen LogP contribution in [-0.4, -0.2) is 0 Å². The third-order valence-corrected chi connectivity index (χ3v) is 4.92. The van der Waals surface area contributed by atoms with Gasteiger partial charge in [-0.3, -0.25) is 0 Å². The molecule has 1 heterocycles. The lowest BCUT2D eigenvalue weighted by Gasteiger charge is -2.10. The van der Waals surface area contributed by atoms with Gasteiger partial charge in [-0.2, -0.15) is 0 Å². The van der Waals surface area contributed by atoms with Gasteiger partial charge in [0.1, 0.15) is 11.6 Å². The molecule has 0 saturated heterocycles. The summed E-state index contributed by atoms with van der Waals surface area (Å²) >= 11 is 10.9. The second-order valence-electron chi connectivity index (χ2n) is 3.57. The summed E-state index contributed by atoms with van der Waals surface area (Å²) in [4.78, 5) is 1.75. The zero-order chi connectivity index (χ0) is 12.6. The topological polar surface area (TPSA) is 0 Å². The molecular formula is C12H8BrClF2S. The lowest BCUT2D eigenvalue weighted by Crippen LogP contribution is -1.99. The summed E-state index contributed by atoms with van der Waals surface area (Å²) in [5, 5.41) is -0.815.